The highest BCUT2D eigenvalue weighted by atomic mass is 79.9. The first kappa shape index (κ1) is 18.2. The summed E-state index contributed by atoms with van der Waals surface area (Å²) in [6.07, 6.45) is 7.18. The molecule has 3 nitrogen and oxygen atoms in total. The number of amides is 1. The largest absolute Gasteiger partial charge is 0.366 e. The molecule has 1 aliphatic heterocycles. The normalized spacial score (nSPS) is 23.1. The zero-order chi connectivity index (χ0) is 15.2. The van der Waals surface area contributed by atoms with Crippen LogP contribution in [-0.4, -0.2) is 33.5 Å². The molecule has 0 spiro atoms. The molecule has 1 aliphatic rings. The maximum atomic E-state index is 12.5. The van der Waals surface area contributed by atoms with Crippen LogP contribution in [0.15, 0.2) is 10.1 Å². The molecular weight excluding hydrogens is 386 g/mol. The highest BCUT2D eigenvalue weighted by molar-refractivity contribution is 9.12. The standard InChI is InChI=1S/C15H25Br2NO2/c1-3-5-7-8-9-12-13(17)15(20,11-16)18(14(12)19)10-6-4-2/h20H,3-11H2,1-2H3. The fraction of sp³-hybridized carbons (Fsp3) is 0.800. The monoisotopic (exact) mass is 409 g/mol. The number of aliphatic hydroxyl groups is 1. The maximum absolute atomic E-state index is 12.5. The van der Waals surface area contributed by atoms with Crippen LogP contribution in [0, 0.1) is 0 Å². The van der Waals surface area contributed by atoms with Gasteiger partial charge in [0, 0.05) is 12.1 Å². The van der Waals surface area contributed by atoms with Crippen molar-refractivity contribution in [3.8, 4) is 0 Å². The van der Waals surface area contributed by atoms with Crippen LogP contribution in [0.25, 0.3) is 0 Å². The lowest BCUT2D eigenvalue weighted by molar-refractivity contribution is -0.139. The number of alkyl halides is 1. The topological polar surface area (TPSA) is 40.5 Å². The summed E-state index contributed by atoms with van der Waals surface area (Å²) in [6.45, 7) is 4.86. The van der Waals surface area contributed by atoms with Crippen LogP contribution in [0.2, 0.25) is 0 Å². The second kappa shape index (κ2) is 8.54. The van der Waals surface area contributed by atoms with Gasteiger partial charge in [0.05, 0.1) is 9.81 Å². The van der Waals surface area contributed by atoms with E-state index in [4.69, 9.17) is 0 Å². The number of hydrogen-bond acceptors (Lipinski definition) is 2. The Kier molecular flexibility index (Phi) is 7.77. The summed E-state index contributed by atoms with van der Waals surface area (Å²) >= 11 is 6.81. The van der Waals surface area contributed by atoms with Gasteiger partial charge >= 0.3 is 0 Å². The van der Waals surface area contributed by atoms with Crippen molar-refractivity contribution in [2.24, 2.45) is 0 Å². The Morgan fingerprint density at radius 1 is 1.15 bits per heavy atom. The lowest BCUT2D eigenvalue weighted by Crippen LogP contribution is -2.49. The van der Waals surface area contributed by atoms with E-state index in [2.05, 4.69) is 45.7 Å². The van der Waals surface area contributed by atoms with Gasteiger partial charge in [-0.15, -0.1) is 0 Å². The van der Waals surface area contributed by atoms with E-state index >= 15 is 0 Å². The first-order valence-electron chi connectivity index (χ1n) is 7.52. The molecule has 116 valence electrons. The molecule has 0 saturated carbocycles. The number of carbonyl (C=O) groups excluding carboxylic acids is 1. The summed E-state index contributed by atoms with van der Waals surface area (Å²) in [5.74, 6) is -0.0104. The molecule has 0 saturated heterocycles. The summed E-state index contributed by atoms with van der Waals surface area (Å²) in [6, 6.07) is 0. The predicted octanol–water partition coefficient (Wildman–Crippen LogP) is 4.33. The van der Waals surface area contributed by atoms with Crippen molar-refractivity contribution in [2.75, 3.05) is 11.9 Å². The third kappa shape index (κ3) is 3.86. The molecule has 0 aromatic carbocycles. The average Bonchev–Trinajstić information content (AvgIpc) is 2.63. The number of hydrogen-bond donors (Lipinski definition) is 1. The molecule has 1 atom stereocenters. The van der Waals surface area contributed by atoms with Crippen molar-refractivity contribution >= 4 is 37.8 Å². The number of carbonyl (C=O) groups is 1. The molecule has 1 N–H and O–H groups in total. The van der Waals surface area contributed by atoms with Crippen LogP contribution >= 0.6 is 31.9 Å². The van der Waals surface area contributed by atoms with E-state index in [1.165, 1.54) is 12.8 Å². The molecule has 0 bridgehead atoms. The third-order valence-corrected chi connectivity index (χ3v) is 5.66. The van der Waals surface area contributed by atoms with Crippen LogP contribution in [-0.2, 0) is 4.79 Å². The minimum Gasteiger partial charge on any atom is -0.366 e. The van der Waals surface area contributed by atoms with Crippen molar-refractivity contribution in [3.63, 3.8) is 0 Å². The summed E-state index contributed by atoms with van der Waals surface area (Å²) in [5.41, 5.74) is -0.453. The number of halogens is 2. The Labute approximate surface area is 139 Å². The fourth-order valence-electron chi connectivity index (χ4n) is 2.46. The van der Waals surface area contributed by atoms with Crippen LogP contribution in [0.3, 0.4) is 0 Å². The molecule has 1 amide bonds. The first-order valence-corrected chi connectivity index (χ1v) is 9.43. The molecule has 20 heavy (non-hydrogen) atoms. The van der Waals surface area contributed by atoms with Crippen LogP contribution in [0.1, 0.15) is 58.8 Å². The third-order valence-electron chi connectivity index (χ3n) is 3.77. The quantitative estimate of drug-likeness (QED) is 0.453. The smallest absolute Gasteiger partial charge is 0.253 e. The predicted molar refractivity (Wildman–Crippen MR) is 90.1 cm³/mol. The van der Waals surface area contributed by atoms with Gasteiger partial charge in [-0.3, -0.25) is 4.79 Å². The Bertz CT molecular complexity index is 371. The highest BCUT2D eigenvalue weighted by Crippen LogP contribution is 2.40. The van der Waals surface area contributed by atoms with Gasteiger partial charge in [0.25, 0.3) is 5.91 Å². The summed E-state index contributed by atoms with van der Waals surface area (Å²) < 4.78 is 0.652. The van der Waals surface area contributed by atoms with E-state index in [0.29, 0.717) is 16.4 Å². The van der Waals surface area contributed by atoms with Gasteiger partial charge in [0.15, 0.2) is 5.72 Å². The summed E-state index contributed by atoms with van der Waals surface area (Å²) in [5, 5.41) is 11.1. The average molecular weight is 411 g/mol. The molecular formula is C15H25Br2NO2. The van der Waals surface area contributed by atoms with E-state index in [-0.39, 0.29) is 5.91 Å². The van der Waals surface area contributed by atoms with Crippen molar-refractivity contribution in [1.29, 1.82) is 0 Å². The Balaban J connectivity index is 2.79. The minimum absolute atomic E-state index is 0.0104. The van der Waals surface area contributed by atoms with Crippen LogP contribution < -0.4 is 0 Å². The van der Waals surface area contributed by atoms with Crippen molar-refractivity contribution in [3.05, 3.63) is 10.1 Å². The molecule has 0 fully saturated rings. The summed E-state index contributed by atoms with van der Waals surface area (Å²) in [4.78, 5) is 14.1. The van der Waals surface area contributed by atoms with E-state index in [0.717, 1.165) is 37.7 Å². The zero-order valence-corrected chi connectivity index (χ0v) is 15.6. The molecule has 1 rings (SSSR count). The first-order chi connectivity index (χ1) is 9.52. The van der Waals surface area contributed by atoms with Gasteiger partial charge in [-0.1, -0.05) is 55.5 Å². The molecule has 0 radical (unpaired) electrons. The molecule has 0 aromatic rings. The Hall–Kier alpha value is 0.130. The minimum atomic E-state index is -1.20. The Morgan fingerprint density at radius 3 is 2.35 bits per heavy atom. The van der Waals surface area contributed by atoms with Crippen molar-refractivity contribution in [1.82, 2.24) is 4.90 Å². The maximum Gasteiger partial charge on any atom is 0.253 e. The lowest BCUT2D eigenvalue weighted by Gasteiger charge is -2.33. The molecule has 1 unspecified atom stereocenters. The second-order valence-corrected chi connectivity index (χ2v) is 6.72. The van der Waals surface area contributed by atoms with Crippen molar-refractivity contribution in [2.45, 2.75) is 64.5 Å². The Morgan fingerprint density at radius 2 is 1.80 bits per heavy atom. The lowest BCUT2D eigenvalue weighted by atomic mass is 10.1. The van der Waals surface area contributed by atoms with E-state index in [9.17, 15) is 9.90 Å². The second-order valence-electron chi connectivity index (χ2n) is 5.36. The molecule has 0 aliphatic carbocycles. The van der Waals surface area contributed by atoms with Crippen LogP contribution in [0.4, 0.5) is 0 Å². The zero-order valence-electron chi connectivity index (χ0n) is 12.4. The van der Waals surface area contributed by atoms with Gasteiger partial charge < -0.3 is 10.0 Å². The van der Waals surface area contributed by atoms with Gasteiger partial charge in [0.1, 0.15) is 0 Å². The molecule has 1 heterocycles. The van der Waals surface area contributed by atoms with Crippen molar-refractivity contribution < 1.29 is 9.90 Å². The number of rotatable bonds is 9. The van der Waals surface area contributed by atoms with Gasteiger partial charge in [0.2, 0.25) is 0 Å². The number of nitrogens with zero attached hydrogens (tertiary/aromatic N) is 1. The van der Waals surface area contributed by atoms with Gasteiger partial charge in [-0.05, 0) is 35.2 Å². The summed E-state index contributed by atoms with van der Waals surface area (Å²) in [7, 11) is 0. The van der Waals surface area contributed by atoms with Crippen LogP contribution in [0.5, 0.6) is 0 Å². The van der Waals surface area contributed by atoms with E-state index in [1.54, 1.807) is 4.90 Å². The van der Waals surface area contributed by atoms with E-state index in [1.807, 2.05) is 0 Å². The number of unbranched alkanes of at least 4 members (excludes halogenated alkanes) is 4. The van der Waals surface area contributed by atoms with Gasteiger partial charge in [-0.2, -0.15) is 0 Å². The molecule has 5 heteroatoms. The SMILES string of the molecule is CCCCCCC1=C(Br)C(O)(CBr)N(CCCC)C1=O. The highest BCUT2D eigenvalue weighted by Gasteiger charge is 2.48. The molecule has 0 aromatic heterocycles. The van der Waals surface area contributed by atoms with Gasteiger partial charge in [-0.25, -0.2) is 0 Å². The fourth-order valence-corrected chi connectivity index (χ4v) is 4.15. The van der Waals surface area contributed by atoms with E-state index < -0.39 is 5.72 Å².